The molecule has 2 rings (SSSR count). The van der Waals surface area contributed by atoms with Crippen LogP contribution in [0, 0.1) is 5.92 Å². The van der Waals surface area contributed by atoms with Gasteiger partial charge < -0.3 is 15.3 Å². The fourth-order valence-corrected chi connectivity index (χ4v) is 2.82. The standard InChI is InChI=1S/C15H22N2O2/c1-10(2)14-15(19)16-12(9-18)8-11-6-4-5-7-13(11)17(14)3/h4-7,10,12,14,18H,8-9H2,1-3H3,(H,16,19)/t12-,14?/m0/s1. The highest BCUT2D eigenvalue weighted by Crippen LogP contribution is 2.26. The van der Waals surface area contributed by atoms with Crippen molar-refractivity contribution in [3.63, 3.8) is 0 Å². The summed E-state index contributed by atoms with van der Waals surface area (Å²) in [6.45, 7) is 4.05. The first-order valence-corrected chi connectivity index (χ1v) is 6.76. The maximum Gasteiger partial charge on any atom is 0.243 e. The van der Waals surface area contributed by atoms with Gasteiger partial charge in [0.05, 0.1) is 12.6 Å². The molecule has 0 spiro atoms. The predicted octanol–water partition coefficient (Wildman–Crippen LogP) is 1.18. The van der Waals surface area contributed by atoms with E-state index in [0.29, 0.717) is 6.42 Å². The molecule has 4 nitrogen and oxygen atoms in total. The number of rotatable bonds is 2. The quantitative estimate of drug-likeness (QED) is 0.841. The Morgan fingerprint density at radius 1 is 1.42 bits per heavy atom. The van der Waals surface area contributed by atoms with Crippen molar-refractivity contribution in [3.8, 4) is 0 Å². The maximum atomic E-state index is 12.3. The highest BCUT2D eigenvalue weighted by molar-refractivity contribution is 5.86. The van der Waals surface area contributed by atoms with E-state index in [1.165, 1.54) is 0 Å². The van der Waals surface area contributed by atoms with Gasteiger partial charge in [-0.2, -0.15) is 0 Å². The average Bonchev–Trinajstić information content (AvgIpc) is 2.36. The molecule has 1 aliphatic heterocycles. The van der Waals surface area contributed by atoms with Crippen molar-refractivity contribution in [2.45, 2.75) is 32.4 Å². The number of likely N-dealkylation sites (N-methyl/N-ethyl adjacent to an activating group) is 1. The Hall–Kier alpha value is -1.55. The molecule has 0 radical (unpaired) electrons. The lowest BCUT2D eigenvalue weighted by Gasteiger charge is -2.37. The Morgan fingerprint density at radius 3 is 2.74 bits per heavy atom. The highest BCUT2D eigenvalue weighted by Gasteiger charge is 2.31. The number of nitrogens with one attached hydrogen (secondary N) is 1. The summed E-state index contributed by atoms with van der Waals surface area (Å²) in [5.41, 5.74) is 2.24. The van der Waals surface area contributed by atoms with Gasteiger partial charge in [0.2, 0.25) is 5.91 Å². The second-order valence-electron chi connectivity index (χ2n) is 5.52. The molecule has 4 heteroatoms. The summed E-state index contributed by atoms with van der Waals surface area (Å²) >= 11 is 0. The number of aliphatic hydroxyl groups is 1. The van der Waals surface area contributed by atoms with Gasteiger partial charge in [-0.3, -0.25) is 4.79 Å². The summed E-state index contributed by atoms with van der Waals surface area (Å²) in [4.78, 5) is 14.4. The molecule has 1 heterocycles. The van der Waals surface area contributed by atoms with E-state index < -0.39 is 0 Å². The molecule has 1 aromatic rings. The molecule has 104 valence electrons. The van der Waals surface area contributed by atoms with Gasteiger partial charge in [0.15, 0.2) is 0 Å². The molecular formula is C15H22N2O2. The average molecular weight is 262 g/mol. The lowest BCUT2D eigenvalue weighted by Crippen LogP contribution is -2.54. The van der Waals surface area contributed by atoms with E-state index in [-0.39, 0.29) is 30.5 Å². The van der Waals surface area contributed by atoms with Gasteiger partial charge in [0, 0.05) is 12.7 Å². The molecule has 2 atom stereocenters. The molecule has 0 aromatic heterocycles. The fraction of sp³-hybridized carbons (Fsp3) is 0.533. The molecular weight excluding hydrogens is 240 g/mol. The molecule has 0 saturated heterocycles. The van der Waals surface area contributed by atoms with E-state index in [1.54, 1.807) is 0 Å². The summed E-state index contributed by atoms with van der Waals surface area (Å²) in [7, 11) is 1.96. The van der Waals surface area contributed by atoms with Crippen molar-refractivity contribution in [1.82, 2.24) is 5.32 Å². The normalized spacial score (nSPS) is 23.6. The smallest absolute Gasteiger partial charge is 0.243 e. The minimum absolute atomic E-state index is 0.00828. The van der Waals surface area contributed by atoms with Crippen LogP contribution in [0.4, 0.5) is 5.69 Å². The largest absolute Gasteiger partial charge is 0.394 e. The van der Waals surface area contributed by atoms with Gasteiger partial charge in [-0.05, 0) is 24.0 Å². The SMILES string of the molecule is CC(C)C1C(=O)N[C@H](CO)Cc2ccccc2N1C. The minimum atomic E-state index is -0.213. The van der Waals surface area contributed by atoms with Crippen LogP contribution >= 0.6 is 0 Å². The molecule has 19 heavy (non-hydrogen) atoms. The summed E-state index contributed by atoms with van der Waals surface area (Å²) in [6, 6.07) is 7.66. The zero-order valence-corrected chi connectivity index (χ0v) is 11.8. The molecule has 0 aliphatic carbocycles. The Morgan fingerprint density at radius 2 is 2.11 bits per heavy atom. The van der Waals surface area contributed by atoms with E-state index in [1.807, 2.05) is 44.0 Å². The number of aliphatic hydroxyl groups excluding tert-OH is 1. The molecule has 2 N–H and O–H groups in total. The molecule has 0 saturated carbocycles. The lowest BCUT2D eigenvalue weighted by atomic mass is 9.95. The first kappa shape index (κ1) is 13.9. The van der Waals surface area contributed by atoms with Gasteiger partial charge in [0.1, 0.15) is 6.04 Å². The molecule has 1 aromatic carbocycles. The van der Waals surface area contributed by atoms with Crippen LogP contribution in [-0.2, 0) is 11.2 Å². The van der Waals surface area contributed by atoms with Crippen molar-refractivity contribution >= 4 is 11.6 Å². The molecule has 1 amide bonds. The summed E-state index contributed by atoms with van der Waals surface area (Å²) < 4.78 is 0. The van der Waals surface area contributed by atoms with Crippen LogP contribution in [0.2, 0.25) is 0 Å². The Kier molecular flexibility index (Phi) is 4.10. The van der Waals surface area contributed by atoms with Crippen LogP contribution in [0.1, 0.15) is 19.4 Å². The van der Waals surface area contributed by atoms with Crippen LogP contribution in [-0.4, -0.2) is 36.8 Å². The Balaban J connectivity index is 2.45. The summed E-state index contributed by atoms with van der Waals surface area (Å²) in [5.74, 6) is 0.196. The van der Waals surface area contributed by atoms with Gasteiger partial charge in [-0.1, -0.05) is 32.0 Å². The van der Waals surface area contributed by atoms with Crippen LogP contribution in [0.3, 0.4) is 0 Å². The molecule has 1 unspecified atom stereocenters. The number of anilines is 1. The van der Waals surface area contributed by atoms with Gasteiger partial charge in [-0.15, -0.1) is 0 Å². The second-order valence-corrected chi connectivity index (χ2v) is 5.52. The predicted molar refractivity (Wildman–Crippen MR) is 76.2 cm³/mol. The number of benzene rings is 1. The zero-order chi connectivity index (χ0) is 14.0. The van der Waals surface area contributed by atoms with Crippen molar-refractivity contribution in [1.29, 1.82) is 0 Å². The number of carbonyl (C=O) groups excluding carboxylic acids is 1. The maximum absolute atomic E-state index is 12.3. The number of hydrogen-bond donors (Lipinski definition) is 2. The third kappa shape index (κ3) is 2.73. The van der Waals surface area contributed by atoms with E-state index in [2.05, 4.69) is 11.4 Å². The highest BCUT2D eigenvalue weighted by atomic mass is 16.3. The monoisotopic (exact) mass is 262 g/mol. The Bertz CT molecular complexity index is 459. The van der Waals surface area contributed by atoms with Crippen molar-refractivity contribution in [3.05, 3.63) is 29.8 Å². The first-order chi connectivity index (χ1) is 9.04. The number of hydrogen-bond acceptors (Lipinski definition) is 3. The van der Waals surface area contributed by atoms with E-state index in [4.69, 9.17) is 0 Å². The van der Waals surface area contributed by atoms with E-state index >= 15 is 0 Å². The van der Waals surface area contributed by atoms with E-state index in [9.17, 15) is 9.90 Å². The Labute approximate surface area is 114 Å². The number of amides is 1. The zero-order valence-electron chi connectivity index (χ0n) is 11.8. The summed E-state index contributed by atoms with van der Waals surface area (Å²) in [6.07, 6.45) is 0.660. The number of carbonyl (C=O) groups is 1. The van der Waals surface area contributed by atoms with Crippen LogP contribution in [0.15, 0.2) is 24.3 Å². The van der Waals surface area contributed by atoms with Crippen molar-refractivity contribution < 1.29 is 9.90 Å². The number of fused-ring (bicyclic) bond motifs is 1. The molecule has 0 fully saturated rings. The lowest BCUT2D eigenvalue weighted by molar-refractivity contribution is -0.124. The third-order valence-corrected chi connectivity index (χ3v) is 3.72. The molecule has 0 bridgehead atoms. The third-order valence-electron chi connectivity index (χ3n) is 3.72. The molecule has 1 aliphatic rings. The van der Waals surface area contributed by atoms with Gasteiger partial charge in [-0.25, -0.2) is 0 Å². The van der Waals surface area contributed by atoms with Crippen LogP contribution in [0.5, 0.6) is 0 Å². The summed E-state index contributed by atoms with van der Waals surface area (Å²) in [5, 5.41) is 12.4. The van der Waals surface area contributed by atoms with Gasteiger partial charge >= 0.3 is 0 Å². The van der Waals surface area contributed by atoms with Crippen LogP contribution < -0.4 is 10.2 Å². The minimum Gasteiger partial charge on any atom is -0.394 e. The van der Waals surface area contributed by atoms with Crippen LogP contribution in [0.25, 0.3) is 0 Å². The number of nitrogens with zero attached hydrogens (tertiary/aromatic N) is 1. The first-order valence-electron chi connectivity index (χ1n) is 6.76. The van der Waals surface area contributed by atoms with Crippen molar-refractivity contribution in [2.75, 3.05) is 18.6 Å². The fourth-order valence-electron chi connectivity index (χ4n) is 2.82. The van der Waals surface area contributed by atoms with E-state index in [0.717, 1.165) is 11.3 Å². The second kappa shape index (κ2) is 5.61. The topological polar surface area (TPSA) is 52.6 Å². The van der Waals surface area contributed by atoms with Crippen molar-refractivity contribution in [2.24, 2.45) is 5.92 Å². The number of para-hydroxylation sites is 1. The van der Waals surface area contributed by atoms with Gasteiger partial charge in [0.25, 0.3) is 0 Å².